The second-order valence-corrected chi connectivity index (χ2v) is 6.15. The largest absolute Gasteiger partial charge is 0.273 e. The molecule has 1 aliphatic heterocycles. The van der Waals surface area contributed by atoms with Crippen LogP contribution in [0.3, 0.4) is 0 Å². The van der Waals surface area contributed by atoms with Crippen LogP contribution in [0.1, 0.15) is 32.1 Å². The van der Waals surface area contributed by atoms with Crippen LogP contribution in [0.2, 0.25) is 0 Å². The number of hydrogen-bond donors (Lipinski definition) is 0. The van der Waals surface area contributed by atoms with Gasteiger partial charge in [-0.15, -0.1) is 0 Å². The zero-order valence-corrected chi connectivity index (χ0v) is 13.2. The van der Waals surface area contributed by atoms with E-state index in [4.69, 9.17) is 0 Å². The van der Waals surface area contributed by atoms with Crippen LogP contribution in [-0.4, -0.2) is 39.0 Å². The van der Waals surface area contributed by atoms with Gasteiger partial charge in [-0.1, -0.05) is 23.9 Å². The van der Waals surface area contributed by atoms with Crippen molar-refractivity contribution in [1.29, 1.82) is 0 Å². The molecular formula is C16H15N3O2S. The first-order valence-electron chi connectivity index (χ1n) is 6.96. The number of hydrogen-bond acceptors (Lipinski definition) is 5. The summed E-state index contributed by atoms with van der Waals surface area (Å²) in [4.78, 5) is 34.4. The zero-order chi connectivity index (χ0) is 15.7. The normalized spacial score (nSPS) is 13.6. The van der Waals surface area contributed by atoms with Crippen molar-refractivity contribution in [3.05, 3.63) is 52.8 Å². The fourth-order valence-corrected chi connectivity index (χ4v) is 3.30. The molecule has 0 radical (unpaired) electrons. The first-order chi connectivity index (χ1) is 10.6. The summed E-state index contributed by atoms with van der Waals surface area (Å²) < 4.78 is 0. The predicted octanol–water partition coefficient (Wildman–Crippen LogP) is 2.48. The summed E-state index contributed by atoms with van der Waals surface area (Å²) >= 11 is 1.45. The number of imide groups is 1. The van der Waals surface area contributed by atoms with Gasteiger partial charge in [-0.2, -0.15) is 0 Å². The zero-order valence-electron chi connectivity index (χ0n) is 12.4. The lowest BCUT2D eigenvalue weighted by Gasteiger charge is -2.13. The van der Waals surface area contributed by atoms with Gasteiger partial charge in [0.2, 0.25) is 0 Å². The highest BCUT2D eigenvalue weighted by Gasteiger charge is 2.34. The van der Waals surface area contributed by atoms with Gasteiger partial charge >= 0.3 is 0 Å². The highest BCUT2D eigenvalue weighted by molar-refractivity contribution is 7.99. The van der Waals surface area contributed by atoms with E-state index in [2.05, 4.69) is 9.97 Å². The Morgan fingerprint density at radius 1 is 1.00 bits per heavy atom. The van der Waals surface area contributed by atoms with Crippen LogP contribution in [-0.2, 0) is 0 Å². The number of nitrogens with zero attached hydrogens (tertiary/aromatic N) is 3. The third kappa shape index (κ3) is 2.74. The summed E-state index contributed by atoms with van der Waals surface area (Å²) in [5.74, 6) is 0.138. The molecule has 0 bridgehead atoms. The van der Waals surface area contributed by atoms with E-state index in [1.54, 1.807) is 24.3 Å². The molecule has 22 heavy (non-hydrogen) atoms. The Kier molecular flexibility index (Phi) is 3.94. The van der Waals surface area contributed by atoms with E-state index in [1.807, 2.05) is 19.9 Å². The number of rotatable bonds is 4. The van der Waals surface area contributed by atoms with E-state index < -0.39 is 0 Å². The fourth-order valence-electron chi connectivity index (χ4n) is 2.43. The van der Waals surface area contributed by atoms with Crippen molar-refractivity contribution in [2.45, 2.75) is 19.0 Å². The maximum Gasteiger partial charge on any atom is 0.261 e. The summed E-state index contributed by atoms with van der Waals surface area (Å²) in [6, 6.07) is 8.83. The SMILES string of the molecule is Cc1cc(C)nc(SCCN2C(=O)c3ccccc3C2=O)n1. The van der Waals surface area contributed by atoms with Gasteiger partial charge in [0.15, 0.2) is 5.16 Å². The maximum absolute atomic E-state index is 12.2. The monoisotopic (exact) mass is 313 g/mol. The number of benzene rings is 1. The molecule has 1 aromatic carbocycles. The van der Waals surface area contributed by atoms with Gasteiger partial charge in [0.1, 0.15) is 0 Å². The number of carbonyl (C=O) groups is 2. The van der Waals surface area contributed by atoms with Crippen molar-refractivity contribution in [1.82, 2.24) is 14.9 Å². The Balaban J connectivity index is 1.66. The summed E-state index contributed by atoms with van der Waals surface area (Å²) in [6.07, 6.45) is 0. The summed E-state index contributed by atoms with van der Waals surface area (Å²) in [7, 11) is 0. The molecule has 0 atom stereocenters. The van der Waals surface area contributed by atoms with Crippen molar-refractivity contribution in [3.63, 3.8) is 0 Å². The lowest BCUT2D eigenvalue weighted by atomic mass is 10.1. The van der Waals surface area contributed by atoms with E-state index in [1.165, 1.54) is 16.7 Å². The molecule has 0 spiro atoms. The Morgan fingerprint density at radius 2 is 1.55 bits per heavy atom. The number of aryl methyl sites for hydroxylation is 2. The molecule has 0 unspecified atom stereocenters. The van der Waals surface area contributed by atoms with E-state index in [9.17, 15) is 9.59 Å². The lowest BCUT2D eigenvalue weighted by Crippen LogP contribution is -2.31. The molecule has 5 nitrogen and oxygen atoms in total. The van der Waals surface area contributed by atoms with E-state index in [0.29, 0.717) is 28.6 Å². The second-order valence-electron chi connectivity index (χ2n) is 5.09. The Hall–Kier alpha value is -2.21. The average Bonchev–Trinajstić information content (AvgIpc) is 2.72. The topological polar surface area (TPSA) is 63.2 Å². The summed E-state index contributed by atoms with van der Waals surface area (Å²) in [5.41, 5.74) is 2.80. The van der Waals surface area contributed by atoms with Crippen molar-refractivity contribution >= 4 is 23.6 Å². The summed E-state index contributed by atoms with van der Waals surface area (Å²) in [5, 5.41) is 0.675. The molecule has 0 N–H and O–H groups in total. The minimum atomic E-state index is -0.220. The number of thioether (sulfide) groups is 1. The third-order valence-corrected chi connectivity index (χ3v) is 4.21. The smallest absolute Gasteiger partial charge is 0.261 e. The molecule has 0 fully saturated rings. The minimum Gasteiger partial charge on any atom is -0.273 e. The molecule has 2 heterocycles. The highest BCUT2D eigenvalue weighted by Crippen LogP contribution is 2.23. The standard InChI is InChI=1S/C16H15N3O2S/c1-10-9-11(2)18-16(17-10)22-8-7-19-14(20)12-5-3-4-6-13(12)15(19)21/h3-6,9H,7-8H2,1-2H3. The molecule has 2 aromatic rings. The predicted molar refractivity (Wildman–Crippen MR) is 84.0 cm³/mol. The molecule has 6 heteroatoms. The molecule has 112 valence electrons. The van der Waals surface area contributed by atoms with E-state index in [-0.39, 0.29) is 11.8 Å². The molecule has 1 aliphatic rings. The Labute approximate surface area is 132 Å². The van der Waals surface area contributed by atoms with Gasteiger partial charge in [0, 0.05) is 23.7 Å². The van der Waals surface area contributed by atoms with E-state index in [0.717, 1.165) is 11.4 Å². The summed E-state index contributed by atoms with van der Waals surface area (Å²) in [6.45, 7) is 4.19. The third-order valence-electron chi connectivity index (χ3n) is 3.39. The first-order valence-corrected chi connectivity index (χ1v) is 7.95. The Morgan fingerprint density at radius 3 is 2.09 bits per heavy atom. The molecule has 0 saturated carbocycles. The first kappa shape index (κ1) is 14.7. The molecule has 1 aromatic heterocycles. The van der Waals surface area contributed by atoms with Crippen LogP contribution < -0.4 is 0 Å². The van der Waals surface area contributed by atoms with Crippen molar-refractivity contribution < 1.29 is 9.59 Å². The number of amides is 2. The molecule has 0 aliphatic carbocycles. The molecule has 3 rings (SSSR count). The maximum atomic E-state index is 12.2. The van der Waals surface area contributed by atoms with Gasteiger partial charge in [0.25, 0.3) is 11.8 Å². The Bertz CT molecular complexity index is 706. The molecule has 2 amide bonds. The second kappa shape index (κ2) is 5.88. The molecule has 0 saturated heterocycles. The minimum absolute atomic E-state index is 0.220. The van der Waals surface area contributed by atoms with Crippen molar-refractivity contribution in [3.8, 4) is 0 Å². The number of carbonyl (C=O) groups excluding carboxylic acids is 2. The van der Waals surface area contributed by atoms with Gasteiger partial charge in [-0.05, 0) is 32.0 Å². The van der Waals surface area contributed by atoms with Crippen LogP contribution in [0.15, 0.2) is 35.5 Å². The van der Waals surface area contributed by atoms with Crippen LogP contribution in [0.4, 0.5) is 0 Å². The fraction of sp³-hybridized carbons (Fsp3) is 0.250. The van der Waals surface area contributed by atoms with Gasteiger partial charge in [-0.3, -0.25) is 14.5 Å². The highest BCUT2D eigenvalue weighted by atomic mass is 32.2. The van der Waals surface area contributed by atoms with Crippen LogP contribution in [0.25, 0.3) is 0 Å². The van der Waals surface area contributed by atoms with Crippen LogP contribution in [0, 0.1) is 13.8 Å². The number of aromatic nitrogens is 2. The van der Waals surface area contributed by atoms with Crippen LogP contribution >= 0.6 is 11.8 Å². The van der Waals surface area contributed by atoms with Gasteiger partial charge < -0.3 is 0 Å². The quantitative estimate of drug-likeness (QED) is 0.493. The average molecular weight is 313 g/mol. The number of fused-ring (bicyclic) bond motifs is 1. The van der Waals surface area contributed by atoms with Gasteiger partial charge in [0.05, 0.1) is 11.1 Å². The lowest BCUT2D eigenvalue weighted by molar-refractivity contribution is 0.0664. The van der Waals surface area contributed by atoms with Crippen molar-refractivity contribution in [2.24, 2.45) is 0 Å². The van der Waals surface area contributed by atoms with Crippen molar-refractivity contribution in [2.75, 3.05) is 12.3 Å². The van der Waals surface area contributed by atoms with Gasteiger partial charge in [-0.25, -0.2) is 9.97 Å². The van der Waals surface area contributed by atoms with E-state index >= 15 is 0 Å². The van der Waals surface area contributed by atoms with Crippen LogP contribution in [0.5, 0.6) is 0 Å². The molecular weight excluding hydrogens is 298 g/mol.